The molecule has 1 heterocycles. The molecule has 12 heavy (non-hydrogen) atoms. The van der Waals surface area contributed by atoms with Crippen molar-refractivity contribution in [2.24, 2.45) is 0 Å². The van der Waals surface area contributed by atoms with Crippen LogP contribution in [-0.4, -0.2) is 11.6 Å². The molecule has 0 saturated heterocycles. The number of ketones is 2. The van der Waals surface area contributed by atoms with Crippen molar-refractivity contribution >= 4 is 38.8 Å². The van der Waals surface area contributed by atoms with E-state index in [1.807, 2.05) is 0 Å². The molecule has 0 spiro atoms. The molecule has 0 fully saturated rings. The van der Waals surface area contributed by atoms with Gasteiger partial charge in [-0.3, -0.25) is 9.59 Å². The average Bonchev–Trinajstić information content (AvgIpc) is 2.48. The molecular formula is C8H3BrO2S. The molecule has 2 rings (SSSR count). The third-order valence-electron chi connectivity index (χ3n) is 1.61. The summed E-state index contributed by atoms with van der Waals surface area (Å²) in [7, 11) is 0. The summed E-state index contributed by atoms with van der Waals surface area (Å²) in [5.41, 5.74) is 0.513. The van der Waals surface area contributed by atoms with Gasteiger partial charge in [0.05, 0.1) is 9.36 Å². The molecule has 60 valence electrons. The van der Waals surface area contributed by atoms with Crippen molar-refractivity contribution in [3.05, 3.63) is 32.4 Å². The minimum atomic E-state index is -0.106. The van der Waals surface area contributed by atoms with Crippen LogP contribution in [-0.2, 0) is 0 Å². The SMILES string of the molecule is O=C1C(Br)=CC(=O)c2sccc21. The van der Waals surface area contributed by atoms with Gasteiger partial charge in [0.1, 0.15) is 0 Å². The van der Waals surface area contributed by atoms with Crippen LogP contribution in [0.25, 0.3) is 0 Å². The van der Waals surface area contributed by atoms with E-state index in [4.69, 9.17) is 0 Å². The molecule has 2 nitrogen and oxygen atoms in total. The first-order valence-electron chi connectivity index (χ1n) is 3.24. The van der Waals surface area contributed by atoms with Gasteiger partial charge < -0.3 is 0 Å². The number of fused-ring (bicyclic) bond motifs is 1. The molecule has 0 N–H and O–H groups in total. The predicted octanol–water partition coefficient (Wildman–Crippen LogP) is 2.41. The lowest BCUT2D eigenvalue weighted by Crippen LogP contribution is -2.10. The standard InChI is InChI=1S/C8H3BrO2S/c9-5-3-6(10)8-4(7(5)11)1-2-12-8/h1-3H. The summed E-state index contributed by atoms with van der Waals surface area (Å²) in [5, 5.41) is 1.75. The molecule has 1 aliphatic carbocycles. The van der Waals surface area contributed by atoms with E-state index in [2.05, 4.69) is 15.9 Å². The second kappa shape index (κ2) is 2.64. The maximum Gasteiger partial charge on any atom is 0.201 e. The number of hydrogen-bond donors (Lipinski definition) is 0. The minimum Gasteiger partial charge on any atom is -0.288 e. The van der Waals surface area contributed by atoms with Crippen molar-refractivity contribution in [1.82, 2.24) is 0 Å². The highest BCUT2D eigenvalue weighted by Crippen LogP contribution is 2.27. The maximum atomic E-state index is 11.4. The molecule has 0 unspecified atom stereocenters. The first-order valence-corrected chi connectivity index (χ1v) is 4.91. The lowest BCUT2D eigenvalue weighted by Gasteiger charge is -2.04. The quantitative estimate of drug-likeness (QED) is 0.701. The van der Waals surface area contributed by atoms with Gasteiger partial charge in [-0.25, -0.2) is 0 Å². The highest BCUT2D eigenvalue weighted by atomic mass is 79.9. The van der Waals surface area contributed by atoms with E-state index in [1.165, 1.54) is 17.4 Å². The number of carbonyl (C=O) groups excluding carboxylic acids is 2. The van der Waals surface area contributed by atoms with E-state index >= 15 is 0 Å². The topological polar surface area (TPSA) is 34.1 Å². The molecule has 0 amide bonds. The molecule has 0 atom stereocenters. The Hall–Kier alpha value is -0.740. The Kier molecular flexibility index (Phi) is 1.73. The van der Waals surface area contributed by atoms with E-state index in [9.17, 15) is 9.59 Å². The molecule has 0 aromatic carbocycles. The van der Waals surface area contributed by atoms with Gasteiger partial charge in [-0.05, 0) is 27.4 Å². The molecule has 0 radical (unpaired) electrons. The molecule has 4 heteroatoms. The number of Topliss-reactive ketones (excluding diaryl/α,β-unsaturated/α-hetero) is 1. The fourth-order valence-corrected chi connectivity index (χ4v) is 2.28. The minimum absolute atomic E-state index is 0.0912. The van der Waals surface area contributed by atoms with Gasteiger partial charge in [0, 0.05) is 11.6 Å². The summed E-state index contributed by atoms with van der Waals surface area (Å²) in [5.74, 6) is -0.197. The Balaban J connectivity index is 2.67. The highest BCUT2D eigenvalue weighted by molar-refractivity contribution is 9.12. The highest BCUT2D eigenvalue weighted by Gasteiger charge is 2.24. The molecule has 0 bridgehead atoms. The summed E-state index contributed by atoms with van der Waals surface area (Å²) in [6, 6.07) is 1.68. The Bertz CT molecular complexity index is 403. The zero-order valence-corrected chi connectivity index (χ0v) is 8.24. The fraction of sp³-hybridized carbons (Fsp3) is 0. The predicted molar refractivity (Wildman–Crippen MR) is 50.0 cm³/mol. The molecule has 1 aromatic rings. The van der Waals surface area contributed by atoms with Crippen molar-refractivity contribution in [2.75, 3.05) is 0 Å². The Morgan fingerprint density at radius 3 is 2.83 bits per heavy atom. The van der Waals surface area contributed by atoms with Crippen LogP contribution < -0.4 is 0 Å². The van der Waals surface area contributed by atoms with Gasteiger partial charge in [0.15, 0.2) is 5.78 Å². The van der Waals surface area contributed by atoms with Crippen molar-refractivity contribution in [3.8, 4) is 0 Å². The van der Waals surface area contributed by atoms with Crippen molar-refractivity contribution in [2.45, 2.75) is 0 Å². The van der Waals surface area contributed by atoms with Crippen LogP contribution in [0.2, 0.25) is 0 Å². The molecule has 0 aliphatic heterocycles. The van der Waals surface area contributed by atoms with Crippen molar-refractivity contribution in [1.29, 1.82) is 0 Å². The van der Waals surface area contributed by atoms with Crippen LogP contribution in [0.3, 0.4) is 0 Å². The van der Waals surface area contributed by atoms with E-state index in [-0.39, 0.29) is 11.6 Å². The number of carbonyl (C=O) groups is 2. The van der Waals surface area contributed by atoms with Crippen molar-refractivity contribution < 1.29 is 9.59 Å². The van der Waals surface area contributed by atoms with E-state index in [0.717, 1.165) is 0 Å². The zero-order valence-electron chi connectivity index (χ0n) is 5.83. The fourth-order valence-electron chi connectivity index (χ4n) is 1.05. The Labute approximate surface area is 81.0 Å². The number of hydrogen-bond acceptors (Lipinski definition) is 3. The first kappa shape index (κ1) is 7.89. The van der Waals surface area contributed by atoms with Gasteiger partial charge in [-0.1, -0.05) is 0 Å². The molecule has 0 saturated carbocycles. The van der Waals surface area contributed by atoms with Gasteiger partial charge in [0.25, 0.3) is 0 Å². The van der Waals surface area contributed by atoms with E-state index in [0.29, 0.717) is 14.9 Å². The third kappa shape index (κ3) is 0.990. The Morgan fingerprint density at radius 1 is 1.33 bits per heavy atom. The number of allylic oxidation sites excluding steroid dienone is 2. The van der Waals surface area contributed by atoms with Gasteiger partial charge in [0.2, 0.25) is 5.78 Å². The van der Waals surface area contributed by atoms with Gasteiger partial charge >= 0.3 is 0 Å². The number of rotatable bonds is 0. The zero-order chi connectivity index (χ0) is 8.72. The van der Waals surface area contributed by atoms with Crippen LogP contribution in [0.4, 0.5) is 0 Å². The smallest absolute Gasteiger partial charge is 0.201 e. The lowest BCUT2D eigenvalue weighted by molar-refractivity contribution is 0.0995. The summed E-state index contributed by atoms with van der Waals surface area (Å²) in [4.78, 5) is 23.2. The van der Waals surface area contributed by atoms with Crippen LogP contribution in [0.5, 0.6) is 0 Å². The molecule has 1 aromatic heterocycles. The van der Waals surface area contributed by atoms with E-state index < -0.39 is 0 Å². The van der Waals surface area contributed by atoms with Gasteiger partial charge in [-0.15, -0.1) is 11.3 Å². The summed E-state index contributed by atoms with van der Waals surface area (Å²) >= 11 is 4.35. The normalized spacial score (nSPS) is 15.9. The second-order valence-electron chi connectivity index (χ2n) is 2.35. The molecular weight excluding hydrogens is 240 g/mol. The first-order chi connectivity index (χ1) is 5.70. The Morgan fingerprint density at radius 2 is 2.08 bits per heavy atom. The third-order valence-corrected chi connectivity index (χ3v) is 3.13. The average molecular weight is 243 g/mol. The van der Waals surface area contributed by atoms with Crippen LogP contribution in [0, 0.1) is 0 Å². The maximum absolute atomic E-state index is 11.4. The largest absolute Gasteiger partial charge is 0.288 e. The molecule has 1 aliphatic rings. The van der Waals surface area contributed by atoms with Gasteiger partial charge in [-0.2, -0.15) is 0 Å². The summed E-state index contributed by atoms with van der Waals surface area (Å²) in [6.45, 7) is 0. The summed E-state index contributed by atoms with van der Waals surface area (Å²) in [6.07, 6.45) is 1.32. The van der Waals surface area contributed by atoms with E-state index in [1.54, 1.807) is 11.4 Å². The summed E-state index contributed by atoms with van der Waals surface area (Å²) < 4.78 is 0.346. The van der Waals surface area contributed by atoms with Crippen LogP contribution in [0.1, 0.15) is 20.0 Å². The van der Waals surface area contributed by atoms with Crippen molar-refractivity contribution in [3.63, 3.8) is 0 Å². The second-order valence-corrected chi connectivity index (χ2v) is 4.12. The number of halogens is 1. The monoisotopic (exact) mass is 242 g/mol. The lowest BCUT2D eigenvalue weighted by atomic mass is 10.0. The number of thiophene rings is 1. The van der Waals surface area contributed by atoms with Crippen LogP contribution in [0.15, 0.2) is 22.0 Å². The van der Waals surface area contributed by atoms with Crippen LogP contribution >= 0.6 is 27.3 Å².